The molecular weight excluding hydrogens is 528 g/mol. The fraction of sp³-hybridized carbons (Fsp3) is 0.406. The predicted molar refractivity (Wildman–Crippen MR) is 156 cm³/mol. The van der Waals surface area contributed by atoms with Crippen molar-refractivity contribution in [2.45, 2.75) is 45.6 Å². The Morgan fingerprint density at radius 3 is 2.25 bits per heavy atom. The average molecular weight is 567 g/mol. The quantitative estimate of drug-likeness (QED) is 0.197. The van der Waals surface area contributed by atoms with Crippen molar-refractivity contribution in [3.63, 3.8) is 0 Å². The van der Waals surface area contributed by atoms with Gasteiger partial charge in [0.1, 0.15) is 27.9 Å². The number of rotatable bonds is 13. The third-order valence-corrected chi connectivity index (χ3v) is 8.07. The van der Waals surface area contributed by atoms with Crippen LogP contribution in [-0.4, -0.2) is 52.8 Å². The highest BCUT2D eigenvalue weighted by atomic mass is 32.2. The van der Waals surface area contributed by atoms with Gasteiger partial charge in [0.05, 0.1) is 44.0 Å². The summed E-state index contributed by atoms with van der Waals surface area (Å²) in [6, 6.07) is 20.3. The number of carbonyl (C=O) groups is 1. The summed E-state index contributed by atoms with van der Waals surface area (Å²) >= 11 is 0. The van der Waals surface area contributed by atoms with Gasteiger partial charge in [0, 0.05) is 6.26 Å². The summed E-state index contributed by atoms with van der Waals surface area (Å²) < 4.78 is 45.3. The highest BCUT2D eigenvalue weighted by Crippen LogP contribution is 2.37. The van der Waals surface area contributed by atoms with E-state index in [4.69, 9.17) is 18.9 Å². The first-order valence-corrected chi connectivity index (χ1v) is 15.6. The number of sulfone groups is 1. The van der Waals surface area contributed by atoms with Crippen LogP contribution in [0, 0.1) is 13.8 Å². The Hall–Kier alpha value is -3.36. The third-order valence-electron chi connectivity index (χ3n) is 7.04. The molecule has 0 N–H and O–H groups in total. The van der Waals surface area contributed by atoms with Gasteiger partial charge in [-0.2, -0.15) is 0 Å². The van der Waals surface area contributed by atoms with Crippen molar-refractivity contribution in [3.05, 3.63) is 82.9 Å². The zero-order valence-electron chi connectivity index (χ0n) is 23.7. The van der Waals surface area contributed by atoms with E-state index in [9.17, 15) is 13.2 Å². The molecule has 7 nitrogen and oxygen atoms in total. The van der Waals surface area contributed by atoms with Crippen LogP contribution in [-0.2, 0) is 36.1 Å². The molecule has 0 radical (unpaired) electrons. The first kappa shape index (κ1) is 29.6. The van der Waals surface area contributed by atoms with Gasteiger partial charge in [0.15, 0.2) is 0 Å². The van der Waals surface area contributed by atoms with Crippen molar-refractivity contribution in [1.29, 1.82) is 0 Å². The molecule has 0 aliphatic carbocycles. The molecule has 1 aliphatic heterocycles. The van der Waals surface area contributed by atoms with E-state index in [1.54, 1.807) is 0 Å². The first-order chi connectivity index (χ1) is 19.1. The molecule has 3 aromatic rings. The second kappa shape index (κ2) is 12.9. The summed E-state index contributed by atoms with van der Waals surface area (Å²) in [5.74, 6) is 1.47. The molecule has 3 aromatic carbocycles. The summed E-state index contributed by atoms with van der Waals surface area (Å²) in [7, 11) is -2.99. The number of hydrogen-bond acceptors (Lipinski definition) is 7. The minimum absolute atomic E-state index is 0.118. The standard InChI is InChI=1S/C32H38O7S/c1-5-37-30(33)19-32(21-36-22-32)28-10-12-29(13-11-28)39-20-25-8-6-9-26(18-25)27-16-23(2)31(24(3)17-27)38-14-7-15-40(4,34)35/h6,8-13,16-18H,5,7,14-15,19-22H2,1-4H3. The van der Waals surface area contributed by atoms with Gasteiger partial charge in [-0.3, -0.25) is 4.79 Å². The van der Waals surface area contributed by atoms with Crippen LogP contribution in [0.2, 0.25) is 0 Å². The monoisotopic (exact) mass is 566 g/mol. The van der Waals surface area contributed by atoms with Crippen LogP contribution in [0.4, 0.5) is 0 Å². The molecule has 214 valence electrons. The first-order valence-electron chi connectivity index (χ1n) is 13.6. The van der Waals surface area contributed by atoms with E-state index >= 15 is 0 Å². The molecule has 4 rings (SSSR count). The number of aryl methyl sites for hydroxylation is 2. The van der Waals surface area contributed by atoms with Crippen LogP contribution >= 0.6 is 0 Å². The van der Waals surface area contributed by atoms with E-state index in [2.05, 4.69) is 24.3 Å². The van der Waals surface area contributed by atoms with Gasteiger partial charge in [-0.25, -0.2) is 8.42 Å². The molecular formula is C32H38O7S. The topological polar surface area (TPSA) is 88.1 Å². The van der Waals surface area contributed by atoms with Gasteiger partial charge in [-0.05, 0) is 90.9 Å². The largest absolute Gasteiger partial charge is 0.493 e. The molecule has 0 spiro atoms. The van der Waals surface area contributed by atoms with Crippen molar-refractivity contribution < 1.29 is 32.2 Å². The minimum atomic E-state index is -2.99. The minimum Gasteiger partial charge on any atom is -0.493 e. The van der Waals surface area contributed by atoms with Gasteiger partial charge in [-0.15, -0.1) is 0 Å². The highest BCUT2D eigenvalue weighted by molar-refractivity contribution is 7.90. The highest BCUT2D eigenvalue weighted by Gasteiger charge is 2.42. The normalized spacial score (nSPS) is 14.3. The third kappa shape index (κ3) is 7.64. The molecule has 1 saturated heterocycles. The molecule has 40 heavy (non-hydrogen) atoms. The number of esters is 1. The summed E-state index contributed by atoms with van der Waals surface area (Å²) in [4.78, 5) is 12.1. The molecule has 0 atom stereocenters. The van der Waals surface area contributed by atoms with Crippen molar-refractivity contribution >= 4 is 15.8 Å². The van der Waals surface area contributed by atoms with Crippen molar-refractivity contribution in [3.8, 4) is 22.6 Å². The summed E-state index contributed by atoms with van der Waals surface area (Å²) in [5, 5.41) is 0. The zero-order chi connectivity index (χ0) is 28.8. The fourth-order valence-electron chi connectivity index (χ4n) is 4.96. The van der Waals surface area contributed by atoms with Gasteiger partial charge in [0.2, 0.25) is 0 Å². The molecule has 1 aliphatic rings. The van der Waals surface area contributed by atoms with E-state index < -0.39 is 9.84 Å². The Bertz CT molecular complexity index is 1400. The zero-order valence-corrected chi connectivity index (χ0v) is 24.5. The molecule has 0 aromatic heterocycles. The van der Waals surface area contributed by atoms with Crippen molar-refractivity contribution in [1.82, 2.24) is 0 Å². The summed E-state index contributed by atoms with van der Waals surface area (Å²) in [6.07, 6.45) is 2.01. The molecule has 1 fully saturated rings. The second-order valence-electron chi connectivity index (χ2n) is 10.5. The molecule has 0 saturated carbocycles. The van der Waals surface area contributed by atoms with Gasteiger partial charge in [0.25, 0.3) is 0 Å². The van der Waals surface area contributed by atoms with E-state index in [-0.39, 0.29) is 17.1 Å². The van der Waals surface area contributed by atoms with Crippen LogP contribution in [0.25, 0.3) is 11.1 Å². The van der Waals surface area contributed by atoms with Crippen molar-refractivity contribution in [2.24, 2.45) is 0 Å². The van der Waals surface area contributed by atoms with Crippen LogP contribution < -0.4 is 9.47 Å². The van der Waals surface area contributed by atoms with Crippen molar-refractivity contribution in [2.75, 3.05) is 38.4 Å². The van der Waals surface area contributed by atoms with Gasteiger partial charge in [-0.1, -0.05) is 30.3 Å². The van der Waals surface area contributed by atoms with Gasteiger partial charge < -0.3 is 18.9 Å². The Labute approximate surface area is 237 Å². The summed E-state index contributed by atoms with van der Waals surface area (Å²) in [5.41, 5.74) is 5.95. The lowest BCUT2D eigenvalue weighted by atomic mass is 9.76. The van der Waals surface area contributed by atoms with E-state index in [0.717, 1.165) is 44.9 Å². The molecule has 0 unspecified atom stereocenters. The maximum absolute atomic E-state index is 12.1. The van der Waals surface area contributed by atoms with Crippen LogP contribution in [0.15, 0.2) is 60.7 Å². The maximum Gasteiger partial charge on any atom is 0.306 e. The second-order valence-corrected chi connectivity index (χ2v) is 12.8. The Balaban J connectivity index is 1.38. The lowest BCUT2D eigenvalue weighted by molar-refractivity contribution is -0.151. The van der Waals surface area contributed by atoms with Gasteiger partial charge >= 0.3 is 5.97 Å². The Morgan fingerprint density at radius 2 is 1.65 bits per heavy atom. The smallest absolute Gasteiger partial charge is 0.306 e. The Kier molecular flexibility index (Phi) is 9.53. The van der Waals surface area contributed by atoms with Crippen LogP contribution in [0.3, 0.4) is 0 Å². The lowest BCUT2D eigenvalue weighted by Crippen LogP contribution is -2.48. The predicted octanol–water partition coefficient (Wildman–Crippen LogP) is 5.58. The van der Waals surface area contributed by atoms with Crippen LogP contribution in [0.5, 0.6) is 11.5 Å². The molecule has 8 heteroatoms. The van der Waals surface area contributed by atoms with E-state index in [0.29, 0.717) is 45.9 Å². The van der Waals surface area contributed by atoms with Crippen LogP contribution in [0.1, 0.15) is 42.0 Å². The molecule has 0 bridgehead atoms. The number of benzene rings is 3. The van der Waals surface area contributed by atoms with E-state index in [1.165, 1.54) is 6.26 Å². The maximum atomic E-state index is 12.1. The molecule has 0 amide bonds. The number of ether oxygens (including phenoxy) is 4. The lowest BCUT2D eigenvalue weighted by Gasteiger charge is -2.41. The average Bonchev–Trinajstić information content (AvgIpc) is 2.89. The van der Waals surface area contributed by atoms with E-state index in [1.807, 2.05) is 57.2 Å². The molecule has 1 heterocycles. The number of hydrogen-bond donors (Lipinski definition) is 0. The SMILES string of the molecule is CCOC(=O)CC1(c2ccc(OCc3cccc(-c4cc(C)c(OCCCS(C)(=O)=O)c(C)c4)c3)cc2)COC1. The number of carbonyl (C=O) groups excluding carboxylic acids is 1. The summed E-state index contributed by atoms with van der Waals surface area (Å²) in [6.45, 7) is 7.99. The fourth-order valence-corrected chi connectivity index (χ4v) is 5.60. The Morgan fingerprint density at radius 1 is 0.950 bits per heavy atom.